The molecule has 20 heavy (non-hydrogen) atoms. The minimum absolute atomic E-state index is 0.0843. The molecule has 0 saturated heterocycles. The van der Waals surface area contributed by atoms with Crippen LogP contribution in [0.4, 0.5) is 0 Å². The van der Waals surface area contributed by atoms with Crippen molar-refractivity contribution in [3.63, 3.8) is 0 Å². The average Bonchev–Trinajstić information content (AvgIpc) is 3.03. The van der Waals surface area contributed by atoms with Gasteiger partial charge in [-0.1, -0.05) is 0 Å². The lowest BCUT2D eigenvalue weighted by molar-refractivity contribution is 0.0956. The fourth-order valence-electron chi connectivity index (χ4n) is 3.11. The van der Waals surface area contributed by atoms with E-state index in [1.165, 1.54) is 33.9 Å². The number of carbonyl (C=O) groups is 1. The molecule has 0 spiro atoms. The lowest BCUT2D eigenvalue weighted by Crippen LogP contribution is -2.22. The van der Waals surface area contributed by atoms with E-state index in [2.05, 4.69) is 21.2 Å². The van der Waals surface area contributed by atoms with E-state index >= 15 is 0 Å². The number of hydrogen-bond donors (Lipinski definition) is 1. The zero-order chi connectivity index (χ0) is 13.5. The summed E-state index contributed by atoms with van der Waals surface area (Å²) in [5.74, 6) is 0.0843. The summed E-state index contributed by atoms with van der Waals surface area (Å²) in [6.07, 6.45) is 7.57. The largest absolute Gasteiger partial charge is 0.352 e. The molecule has 0 radical (unpaired) electrons. The molecule has 0 fully saturated rings. The molecular weight excluding hydrogens is 270 g/mol. The number of carbonyl (C=O) groups excluding carboxylic acids is 1. The van der Waals surface area contributed by atoms with Gasteiger partial charge in [-0.2, -0.15) is 5.10 Å². The van der Waals surface area contributed by atoms with Crippen LogP contribution in [0, 0.1) is 0 Å². The number of fused-ring (bicyclic) bond motifs is 2. The van der Waals surface area contributed by atoms with Crippen LogP contribution in [0.3, 0.4) is 0 Å². The average molecular weight is 287 g/mol. The van der Waals surface area contributed by atoms with E-state index in [9.17, 15) is 4.79 Å². The first-order chi connectivity index (χ1) is 9.83. The van der Waals surface area contributed by atoms with E-state index in [0.29, 0.717) is 0 Å². The van der Waals surface area contributed by atoms with E-state index in [-0.39, 0.29) is 5.91 Å². The molecule has 1 amide bonds. The van der Waals surface area contributed by atoms with Gasteiger partial charge in [-0.05, 0) is 38.2 Å². The predicted molar refractivity (Wildman–Crippen MR) is 79.1 cm³/mol. The Labute approximate surface area is 121 Å². The van der Waals surface area contributed by atoms with Gasteiger partial charge in [0.05, 0.1) is 11.8 Å². The van der Waals surface area contributed by atoms with Crippen molar-refractivity contribution < 1.29 is 4.79 Å². The lowest BCUT2D eigenvalue weighted by Gasteiger charge is -2.14. The maximum Gasteiger partial charge on any atom is 0.252 e. The molecule has 5 heteroatoms. The Morgan fingerprint density at radius 3 is 3.10 bits per heavy atom. The normalized spacial score (nSPS) is 18.1. The van der Waals surface area contributed by atoms with Crippen LogP contribution >= 0.6 is 11.3 Å². The van der Waals surface area contributed by atoms with Gasteiger partial charge >= 0.3 is 0 Å². The third kappa shape index (κ3) is 1.88. The molecule has 0 bridgehead atoms. The highest BCUT2D eigenvalue weighted by atomic mass is 32.1. The molecule has 2 aliphatic heterocycles. The van der Waals surface area contributed by atoms with Crippen molar-refractivity contribution in [2.24, 2.45) is 0 Å². The SMILES string of the molecule is O=C1NCCCc2sc(-c3cnn4c3CCCC4)cc21. The monoisotopic (exact) mass is 287 g/mol. The molecule has 2 aromatic rings. The summed E-state index contributed by atoms with van der Waals surface area (Å²) in [6.45, 7) is 1.82. The van der Waals surface area contributed by atoms with Gasteiger partial charge in [0.2, 0.25) is 0 Å². The van der Waals surface area contributed by atoms with Crippen LogP contribution in [0.5, 0.6) is 0 Å². The molecule has 4 rings (SSSR count). The molecule has 4 nitrogen and oxygen atoms in total. The lowest BCUT2D eigenvalue weighted by atomic mass is 10.1. The van der Waals surface area contributed by atoms with E-state index in [0.717, 1.165) is 37.9 Å². The van der Waals surface area contributed by atoms with E-state index in [1.54, 1.807) is 11.3 Å². The minimum atomic E-state index is 0.0843. The summed E-state index contributed by atoms with van der Waals surface area (Å²) in [4.78, 5) is 14.5. The molecule has 1 N–H and O–H groups in total. The summed E-state index contributed by atoms with van der Waals surface area (Å²) >= 11 is 1.77. The second-order valence-electron chi connectivity index (χ2n) is 5.49. The van der Waals surface area contributed by atoms with Gasteiger partial charge in [-0.25, -0.2) is 0 Å². The molecule has 2 aliphatic rings. The van der Waals surface area contributed by atoms with Crippen molar-refractivity contribution >= 4 is 17.2 Å². The summed E-state index contributed by atoms with van der Waals surface area (Å²) in [7, 11) is 0. The van der Waals surface area contributed by atoms with Crippen molar-refractivity contribution in [1.82, 2.24) is 15.1 Å². The Morgan fingerprint density at radius 2 is 2.15 bits per heavy atom. The van der Waals surface area contributed by atoms with Crippen LogP contribution in [0.15, 0.2) is 12.3 Å². The number of aryl methyl sites for hydroxylation is 2. The Kier molecular flexibility index (Phi) is 2.88. The van der Waals surface area contributed by atoms with Gasteiger partial charge in [0.1, 0.15) is 0 Å². The number of nitrogens with one attached hydrogen (secondary N) is 1. The molecule has 0 aromatic carbocycles. The Bertz CT molecular complexity index is 671. The molecule has 0 unspecified atom stereocenters. The maximum atomic E-state index is 12.1. The fourth-order valence-corrected chi connectivity index (χ4v) is 4.34. The number of rotatable bonds is 1. The summed E-state index contributed by atoms with van der Waals surface area (Å²) in [5.41, 5.74) is 3.45. The van der Waals surface area contributed by atoms with Crippen molar-refractivity contribution in [2.75, 3.05) is 6.54 Å². The van der Waals surface area contributed by atoms with Crippen LogP contribution in [0.1, 0.15) is 40.2 Å². The van der Waals surface area contributed by atoms with Crippen molar-refractivity contribution in [1.29, 1.82) is 0 Å². The first kappa shape index (κ1) is 12.1. The van der Waals surface area contributed by atoms with Crippen LogP contribution in [-0.2, 0) is 19.4 Å². The van der Waals surface area contributed by atoms with Crippen LogP contribution in [-0.4, -0.2) is 22.2 Å². The van der Waals surface area contributed by atoms with E-state index in [1.807, 2.05) is 6.20 Å². The van der Waals surface area contributed by atoms with Gasteiger partial charge in [0, 0.05) is 34.1 Å². The third-order valence-electron chi connectivity index (χ3n) is 4.17. The first-order valence-electron chi connectivity index (χ1n) is 7.29. The smallest absolute Gasteiger partial charge is 0.252 e. The molecule has 0 saturated carbocycles. The van der Waals surface area contributed by atoms with Crippen molar-refractivity contribution in [3.05, 3.63) is 28.4 Å². The minimum Gasteiger partial charge on any atom is -0.352 e. The van der Waals surface area contributed by atoms with Crippen LogP contribution < -0.4 is 5.32 Å². The number of hydrogen-bond acceptors (Lipinski definition) is 3. The van der Waals surface area contributed by atoms with Crippen LogP contribution in [0.25, 0.3) is 10.4 Å². The van der Waals surface area contributed by atoms with E-state index < -0.39 is 0 Å². The highest BCUT2D eigenvalue weighted by Gasteiger charge is 2.22. The third-order valence-corrected chi connectivity index (χ3v) is 5.40. The van der Waals surface area contributed by atoms with Gasteiger partial charge in [-0.3, -0.25) is 9.48 Å². The summed E-state index contributed by atoms with van der Waals surface area (Å²) in [6, 6.07) is 2.06. The van der Waals surface area contributed by atoms with Gasteiger partial charge in [0.25, 0.3) is 5.91 Å². The molecule has 104 valence electrons. The molecule has 0 atom stereocenters. The van der Waals surface area contributed by atoms with E-state index in [4.69, 9.17) is 0 Å². The number of aromatic nitrogens is 2. The fraction of sp³-hybridized carbons (Fsp3) is 0.467. The topological polar surface area (TPSA) is 46.9 Å². The summed E-state index contributed by atoms with van der Waals surface area (Å²) < 4.78 is 2.13. The second-order valence-corrected chi connectivity index (χ2v) is 6.63. The quantitative estimate of drug-likeness (QED) is 0.876. The summed E-state index contributed by atoms with van der Waals surface area (Å²) in [5, 5.41) is 7.47. The number of thiophene rings is 1. The highest BCUT2D eigenvalue weighted by molar-refractivity contribution is 7.15. The zero-order valence-electron chi connectivity index (χ0n) is 11.3. The predicted octanol–water partition coefficient (Wildman–Crippen LogP) is 2.62. The molecule has 2 aromatic heterocycles. The second kappa shape index (κ2) is 4.74. The molecule has 4 heterocycles. The zero-order valence-corrected chi connectivity index (χ0v) is 12.1. The first-order valence-corrected chi connectivity index (χ1v) is 8.10. The number of nitrogens with zero attached hydrogens (tertiary/aromatic N) is 2. The Hall–Kier alpha value is -1.62. The standard InChI is InChI=1S/C15H17N3OS/c19-15-10-8-14(20-13(10)5-3-6-16-15)11-9-17-18-7-2-1-4-12(11)18/h8-9H,1-7H2,(H,16,19). The van der Waals surface area contributed by atoms with Gasteiger partial charge in [0.15, 0.2) is 0 Å². The van der Waals surface area contributed by atoms with Crippen molar-refractivity contribution in [2.45, 2.75) is 38.6 Å². The Balaban J connectivity index is 1.78. The Morgan fingerprint density at radius 1 is 1.20 bits per heavy atom. The highest BCUT2D eigenvalue weighted by Crippen LogP contribution is 2.36. The van der Waals surface area contributed by atoms with Gasteiger partial charge < -0.3 is 5.32 Å². The number of amides is 1. The van der Waals surface area contributed by atoms with Crippen molar-refractivity contribution in [3.8, 4) is 10.4 Å². The maximum absolute atomic E-state index is 12.1. The molecule has 0 aliphatic carbocycles. The van der Waals surface area contributed by atoms with Gasteiger partial charge in [-0.15, -0.1) is 11.3 Å². The van der Waals surface area contributed by atoms with Crippen LogP contribution in [0.2, 0.25) is 0 Å². The molecular formula is C15H17N3OS.